The Hall–Kier alpha value is -3.95. The number of rotatable bonds is 10. The van der Waals surface area contributed by atoms with Gasteiger partial charge in [-0.1, -0.05) is 42.5 Å². The van der Waals surface area contributed by atoms with E-state index in [2.05, 4.69) is 0 Å². The van der Waals surface area contributed by atoms with E-state index < -0.39 is 66.5 Å². The summed E-state index contributed by atoms with van der Waals surface area (Å²) in [7, 11) is 5.54. The van der Waals surface area contributed by atoms with Crippen molar-refractivity contribution in [1.29, 1.82) is 0 Å². The number of aliphatic hydroxyl groups excluding tert-OH is 3. The second-order valence-electron chi connectivity index (χ2n) is 11.6. The molecular weight excluding hydrogens is 616 g/mol. The predicted octanol–water partition coefficient (Wildman–Crippen LogP) is 1.57. The highest BCUT2D eigenvalue weighted by Gasteiger charge is 2.78. The number of aliphatic hydroxyl groups is 4. The van der Waals surface area contributed by atoms with Crippen LogP contribution < -0.4 is 18.9 Å². The summed E-state index contributed by atoms with van der Waals surface area (Å²) in [5.41, 5.74) is -2.88. The monoisotopic (exact) mass is 654 g/mol. The summed E-state index contributed by atoms with van der Waals surface area (Å²) in [5.74, 6) is -2.05. The van der Waals surface area contributed by atoms with Crippen molar-refractivity contribution >= 4 is 5.97 Å². The van der Waals surface area contributed by atoms with E-state index in [1.54, 1.807) is 48.5 Å². The van der Waals surface area contributed by atoms with Gasteiger partial charge in [-0.05, 0) is 23.3 Å². The maximum Gasteiger partial charge on any atom is 0.312 e. The number of carbonyl (C=O) groups excluding carboxylic acids is 1. The van der Waals surface area contributed by atoms with Gasteiger partial charge >= 0.3 is 5.97 Å². The van der Waals surface area contributed by atoms with Gasteiger partial charge in [0.1, 0.15) is 41.3 Å². The van der Waals surface area contributed by atoms with Crippen LogP contribution in [0.4, 0.5) is 0 Å². The number of carbonyl (C=O) groups is 1. The van der Waals surface area contributed by atoms with Crippen LogP contribution in [0.5, 0.6) is 23.0 Å². The zero-order valence-corrected chi connectivity index (χ0v) is 26.3. The summed E-state index contributed by atoms with van der Waals surface area (Å²) in [4.78, 5) is 13.5. The number of hydrogen-bond acceptors (Lipinski definition) is 13. The van der Waals surface area contributed by atoms with Gasteiger partial charge in [-0.3, -0.25) is 4.79 Å². The van der Waals surface area contributed by atoms with E-state index in [1.165, 1.54) is 40.6 Å². The maximum absolute atomic E-state index is 13.5. The van der Waals surface area contributed by atoms with Crippen LogP contribution in [-0.2, 0) is 34.9 Å². The van der Waals surface area contributed by atoms with E-state index in [1.807, 2.05) is 6.07 Å². The highest BCUT2D eigenvalue weighted by atomic mass is 16.8. The Labute approximate surface area is 271 Å². The third kappa shape index (κ3) is 5.10. The Morgan fingerprint density at radius 3 is 2.32 bits per heavy atom. The molecule has 2 fully saturated rings. The molecule has 3 aromatic carbocycles. The van der Waals surface area contributed by atoms with Crippen LogP contribution in [0.15, 0.2) is 66.7 Å². The van der Waals surface area contributed by atoms with E-state index in [0.717, 1.165) is 0 Å². The Morgan fingerprint density at radius 2 is 1.70 bits per heavy atom. The normalized spacial score (nSPS) is 31.7. The van der Waals surface area contributed by atoms with Gasteiger partial charge in [0.25, 0.3) is 6.29 Å². The molecule has 2 aliphatic heterocycles. The molecule has 2 heterocycles. The summed E-state index contributed by atoms with van der Waals surface area (Å²) in [6.07, 6.45) is -6.03. The Bertz CT molecular complexity index is 1570. The van der Waals surface area contributed by atoms with Crippen molar-refractivity contribution in [3.05, 3.63) is 83.4 Å². The highest BCUT2D eigenvalue weighted by molar-refractivity contribution is 5.78. The second kappa shape index (κ2) is 12.9. The average Bonchev–Trinajstić information content (AvgIpc) is 3.49. The lowest BCUT2D eigenvalue weighted by Gasteiger charge is -2.40. The van der Waals surface area contributed by atoms with Crippen LogP contribution in [0.1, 0.15) is 22.6 Å². The zero-order chi connectivity index (χ0) is 33.5. The smallest absolute Gasteiger partial charge is 0.312 e. The van der Waals surface area contributed by atoms with E-state index in [4.69, 9.17) is 37.9 Å². The molecule has 3 aromatic rings. The minimum Gasteiger partial charge on any atom is -0.497 e. The van der Waals surface area contributed by atoms with Gasteiger partial charge in [0.05, 0.1) is 46.0 Å². The van der Waals surface area contributed by atoms with E-state index in [0.29, 0.717) is 16.9 Å². The fourth-order valence-electron chi connectivity index (χ4n) is 7.11. The fourth-order valence-corrected chi connectivity index (χ4v) is 7.11. The molecule has 0 radical (unpaired) electrons. The topological polar surface area (TPSA) is 172 Å². The Kier molecular flexibility index (Phi) is 9.06. The molecule has 0 unspecified atom stereocenters. The molecule has 252 valence electrons. The Balaban J connectivity index is 1.52. The number of methoxy groups -OCH3 is 4. The van der Waals surface area contributed by atoms with Gasteiger partial charge in [-0.15, -0.1) is 0 Å². The minimum atomic E-state index is -2.25. The fraction of sp³-hybridized carbons (Fsp3) is 0.441. The molecule has 1 saturated heterocycles. The lowest BCUT2D eigenvalue weighted by Crippen LogP contribution is -2.52. The van der Waals surface area contributed by atoms with Crippen LogP contribution in [0.25, 0.3) is 0 Å². The average molecular weight is 655 g/mol. The van der Waals surface area contributed by atoms with Crippen LogP contribution in [0.2, 0.25) is 0 Å². The van der Waals surface area contributed by atoms with Crippen molar-refractivity contribution in [3.8, 4) is 23.0 Å². The van der Waals surface area contributed by atoms with E-state index in [9.17, 15) is 25.2 Å². The molecule has 1 saturated carbocycles. The maximum atomic E-state index is 13.5. The first kappa shape index (κ1) is 33.0. The second-order valence-corrected chi connectivity index (χ2v) is 11.6. The van der Waals surface area contributed by atoms with Gasteiger partial charge in [-0.2, -0.15) is 0 Å². The molecule has 0 amide bonds. The first-order valence-electron chi connectivity index (χ1n) is 15.0. The quantitative estimate of drug-likeness (QED) is 0.233. The molecule has 0 aromatic heterocycles. The number of esters is 1. The first-order chi connectivity index (χ1) is 22.7. The highest BCUT2D eigenvalue weighted by Crippen LogP contribution is 2.70. The lowest BCUT2D eigenvalue weighted by molar-refractivity contribution is -0.324. The van der Waals surface area contributed by atoms with E-state index in [-0.39, 0.29) is 29.4 Å². The van der Waals surface area contributed by atoms with Crippen LogP contribution >= 0.6 is 0 Å². The SMILES string of the molecule is COC(=O)[C@@H]1[C@@H](O)[C@@]2(O)c3c(OC)cc(O[C@@H]4O[C@@H]([C@H](O)CO)CO[C@H]4OC)cc3O[C@@]2(c2ccc(OC)cc2)[C@@H]1c1ccccc1. The molecule has 0 spiro atoms. The summed E-state index contributed by atoms with van der Waals surface area (Å²) >= 11 is 0. The number of hydrogen-bond donors (Lipinski definition) is 4. The van der Waals surface area contributed by atoms with Crippen molar-refractivity contribution in [1.82, 2.24) is 0 Å². The molecule has 13 heteroatoms. The molecule has 4 N–H and O–H groups in total. The van der Waals surface area contributed by atoms with Crippen molar-refractivity contribution < 1.29 is 63.1 Å². The van der Waals surface area contributed by atoms with Crippen LogP contribution in [0, 0.1) is 5.92 Å². The summed E-state index contributed by atoms with van der Waals surface area (Å²) in [6, 6.07) is 18.8. The van der Waals surface area contributed by atoms with Gasteiger partial charge in [0.15, 0.2) is 11.2 Å². The zero-order valence-electron chi connectivity index (χ0n) is 26.3. The minimum absolute atomic E-state index is 0.0474. The molecule has 6 rings (SSSR count). The van der Waals surface area contributed by atoms with Crippen LogP contribution in [-0.4, -0.2) is 98.9 Å². The van der Waals surface area contributed by atoms with Crippen molar-refractivity contribution in [2.24, 2.45) is 5.92 Å². The van der Waals surface area contributed by atoms with Crippen molar-refractivity contribution in [2.75, 3.05) is 41.7 Å². The molecular formula is C34H38O13. The van der Waals surface area contributed by atoms with Crippen LogP contribution in [0.3, 0.4) is 0 Å². The molecule has 9 atom stereocenters. The van der Waals surface area contributed by atoms with Gasteiger partial charge in [0, 0.05) is 25.2 Å². The first-order valence-corrected chi connectivity index (χ1v) is 15.0. The molecule has 3 aliphatic rings. The standard InChI is InChI=1S/C34H38O13/c1-40-20-12-10-19(11-13-20)34-27(18-8-6-5-7-9-18)26(30(38)42-3)29(37)33(34,39)28-23(41-2)14-21(15-24(28)47-34)45-32-31(43-4)44-17-25(46-32)22(36)16-35/h5-15,22,25-27,29,31-32,35-37,39H,16-17H2,1-4H3/t22-,25-,26+,27-,29-,31-,32-,33+,34+/m1/s1. The predicted molar refractivity (Wildman–Crippen MR) is 162 cm³/mol. The summed E-state index contributed by atoms with van der Waals surface area (Å²) < 4.78 is 46.2. The summed E-state index contributed by atoms with van der Waals surface area (Å²) in [5, 5.41) is 44.7. The van der Waals surface area contributed by atoms with Gasteiger partial charge in [-0.25, -0.2) is 0 Å². The number of benzene rings is 3. The molecule has 0 bridgehead atoms. The number of ether oxygens (including phenoxy) is 8. The summed E-state index contributed by atoms with van der Waals surface area (Å²) in [6.45, 7) is -0.601. The third-order valence-electron chi connectivity index (χ3n) is 9.25. The lowest BCUT2D eigenvalue weighted by atomic mass is 9.70. The van der Waals surface area contributed by atoms with E-state index >= 15 is 0 Å². The van der Waals surface area contributed by atoms with Gasteiger partial charge < -0.3 is 58.3 Å². The number of fused-ring (bicyclic) bond motifs is 3. The third-order valence-corrected chi connectivity index (χ3v) is 9.25. The molecule has 1 aliphatic carbocycles. The Morgan fingerprint density at radius 1 is 0.979 bits per heavy atom. The van der Waals surface area contributed by atoms with Gasteiger partial charge in [0.2, 0.25) is 6.29 Å². The largest absolute Gasteiger partial charge is 0.497 e. The van der Waals surface area contributed by atoms with Crippen molar-refractivity contribution in [2.45, 2.75) is 48.0 Å². The molecule has 13 nitrogen and oxygen atoms in total. The van der Waals surface area contributed by atoms with Crippen molar-refractivity contribution in [3.63, 3.8) is 0 Å². The molecule has 47 heavy (non-hydrogen) atoms.